The highest BCUT2D eigenvalue weighted by molar-refractivity contribution is 7.89. The van der Waals surface area contributed by atoms with Crippen LogP contribution in [-0.2, 0) is 32.6 Å². The van der Waals surface area contributed by atoms with E-state index in [-0.39, 0.29) is 23.1 Å². The molecule has 0 aliphatic carbocycles. The smallest absolute Gasteiger partial charge is 0.247 e. The number of nitrogens with one attached hydrogen (secondary N) is 2. The van der Waals surface area contributed by atoms with Gasteiger partial charge in [-0.15, -0.1) is 0 Å². The lowest BCUT2D eigenvalue weighted by atomic mass is 10.0. The molecule has 7 nitrogen and oxygen atoms in total. The van der Waals surface area contributed by atoms with Gasteiger partial charge in [-0.05, 0) is 41.7 Å². The summed E-state index contributed by atoms with van der Waals surface area (Å²) in [5, 5.41) is 2.96. The third-order valence-electron chi connectivity index (χ3n) is 5.94. The van der Waals surface area contributed by atoms with Crippen molar-refractivity contribution in [3.63, 3.8) is 0 Å². The molecule has 8 heteroatoms. The van der Waals surface area contributed by atoms with Crippen LogP contribution in [0.2, 0.25) is 0 Å². The average molecular weight is 522 g/mol. The normalized spacial score (nSPS) is 12.1. The van der Waals surface area contributed by atoms with Crippen LogP contribution in [0.15, 0.2) is 89.8 Å². The fraction of sp³-hybridized carbons (Fsp3) is 0.310. The molecule has 196 valence electrons. The number of rotatable bonds is 13. The lowest BCUT2D eigenvalue weighted by Gasteiger charge is -2.32. The van der Waals surface area contributed by atoms with E-state index in [4.69, 9.17) is 0 Å². The zero-order valence-corrected chi connectivity index (χ0v) is 22.2. The Morgan fingerprint density at radius 3 is 2.05 bits per heavy atom. The molecule has 0 spiro atoms. The largest absolute Gasteiger partial charge is 0.354 e. The van der Waals surface area contributed by atoms with Gasteiger partial charge >= 0.3 is 0 Å². The summed E-state index contributed by atoms with van der Waals surface area (Å²) in [7, 11) is -3.54. The van der Waals surface area contributed by atoms with Gasteiger partial charge in [-0.1, -0.05) is 86.6 Å². The summed E-state index contributed by atoms with van der Waals surface area (Å²) < 4.78 is 26.9. The zero-order valence-electron chi connectivity index (χ0n) is 21.4. The van der Waals surface area contributed by atoms with Crippen molar-refractivity contribution in [1.29, 1.82) is 0 Å². The number of amides is 2. The van der Waals surface area contributed by atoms with E-state index < -0.39 is 16.1 Å². The standard InChI is InChI=1S/C29H35N3O4S/c1-3-21-30-29(34)28(25-13-9-6-10-14-25)32(22-24-11-7-5-8-12-24)27(33)20-17-23-15-18-26(19-16-23)37(35,36)31-4-2/h5-16,18-19,28,31H,3-4,17,20-22H2,1-2H3,(H,30,34)/t28-/m0/s1. The second-order valence-corrected chi connectivity index (χ2v) is 10.5. The second kappa shape index (κ2) is 13.7. The monoisotopic (exact) mass is 521 g/mol. The highest BCUT2D eigenvalue weighted by Gasteiger charge is 2.31. The minimum absolute atomic E-state index is 0.159. The Morgan fingerprint density at radius 1 is 0.838 bits per heavy atom. The van der Waals surface area contributed by atoms with Crippen LogP contribution in [-0.4, -0.2) is 38.2 Å². The lowest BCUT2D eigenvalue weighted by Crippen LogP contribution is -2.43. The van der Waals surface area contributed by atoms with Crippen LogP contribution in [0, 0.1) is 0 Å². The van der Waals surface area contributed by atoms with Gasteiger partial charge in [0.2, 0.25) is 21.8 Å². The maximum atomic E-state index is 13.7. The van der Waals surface area contributed by atoms with Crippen LogP contribution in [0.25, 0.3) is 0 Å². The van der Waals surface area contributed by atoms with Crippen LogP contribution in [0.5, 0.6) is 0 Å². The minimum atomic E-state index is -3.54. The van der Waals surface area contributed by atoms with Gasteiger partial charge in [0, 0.05) is 26.1 Å². The number of hydrogen-bond acceptors (Lipinski definition) is 4. The Bertz CT molecular complexity index is 1250. The molecule has 0 bridgehead atoms. The summed E-state index contributed by atoms with van der Waals surface area (Å²) in [5.74, 6) is -0.371. The molecule has 0 aromatic heterocycles. The number of sulfonamides is 1. The first-order valence-electron chi connectivity index (χ1n) is 12.6. The van der Waals surface area contributed by atoms with Crippen LogP contribution in [0.1, 0.15) is 49.4 Å². The summed E-state index contributed by atoms with van der Waals surface area (Å²) in [6.07, 6.45) is 1.39. The molecule has 3 rings (SSSR count). The van der Waals surface area contributed by atoms with Gasteiger partial charge in [0.1, 0.15) is 6.04 Å². The van der Waals surface area contributed by atoms with Gasteiger partial charge in [-0.2, -0.15) is 0 Å². The van der Waals surface area contributed by atoms with Crippen molar-refractivity contribution in [3.05, 3.63) is 102 Å². The molecule has 0 saturated heterocycles. The molecule has 3 aromatic carbocycles. The summed E-state index contributed by atoms with van der Waals surface area (Å²) >= 11 is 0. The Hall–Kier alpha value is -3.49. The molecule has 0 heterocycles. The molecule has 2 N–H and O–H groups in total. The quantitative estimate of drug-likeness (QED) is 0.352. The number of benzene rings is 3. The minimum Gasteiger partial charge on any atom is -0.354 e. The molecular weight excluding hydrogens is 486 g/mol. The van der Waals surface area contributed by atoms with E-state index in [1.807, 2.05) is 67.6 Å². The molecule has 0 radical (unpaired) electrons. The summed E-state index contributed by atoms with van der Waals surface area (Å²) in [4.78, 5) is 28.8. The number of nitrogens with zero attached hydrogens (tertiary/aromatic N) is 1. The Kier molecular flexibility index (Phi) is 10.4. The van der Waals surface area contributed by atoms with E-state index in [2.05, 4.69) is 10.0 Å². The topological polar surface area (TPSA) is 95.6 Å². The summed E-state index contributed by atoms with van der Waals surface area (Å²) in [5.41, 5.74) is 2.52. The highest BCUT2D eigenvalue weighted by atomic mass is 32.2. The van der Waals surface area contributed by atoms with Gasteiger partial charge in [0.05, 0.1) is 4.90 Å². The first-order valence-corrected chi connectivity index (χ1v) is 14.1. The fourth-order valence-corrected chi connectivity index (χ4v) is 5.10. The molecule has 2 amide bonds. The molecule has 0 aliphatic heterocycles. The van der Waals surface area contributed by atoms with Crippen LogP contribution >= 0.6 is 0 Å². The molecular formula is C29H35N3O4S. The molecule has 37 heavy (non-hydrogen) atoms. The summed E-state index contributed by atoms with van der Waals surface area (Å²) in [6, 6.07) is 24.7. The number of carbonyl (C=O) groups is 2. The van der Waals surface area contributed by atoms with E-state index >= 15 is 0 Å². The number of carbonyl (C=O) groups excluding carboxylic acids is 2. The Morgan fingerprint density at radius 2 is 1.46 bits per heavy atom. The SMILES string of the molecule is CCCNC(=O)[C@H](c1ccccc1)N(Cc1ccccc1)C(=O)CCc1ccc(S(=O)(=O)NCC)cc1. The average Bonchev–Trinajstić information content (AvgIpc) is 2.91. The molecule has 3 aromatic rings. The zero-order chi connectivity index (χ0) is 26.7. The van der Waals surface area contributed by atoms with Crippen molar-refractivity contribution in [2.75, 3.05) is 13.1 Å². The fourth-order valence-electron chi connectivity index (χ4n) is 4.06. The van der Waals surface area contributed by atoms with E-state index in [9.17, 15) is 18.0 Å². The highest BCUT2D eigenvalue weighted by Crippen LogP contribution is 2.25. The van der Waals surface area contributed by atoms with Crippen molar-refractivity contribution in [2.24, 2.45) is 0 Å². The van der Waals surface area contributed by atoms with Gasteiger partial charge in [-0.25, -0.2) is 13.1 Å². The molecule has 0 unspecified atom stereocenters. The maximum absolute atomic E-state index is 13.7. The van der Waals surface area contributed by atoms with Crippen LogP contribution in [0.4, 0.5) is 0 Å². The number of hydrogen-bond donors (Lipinski definition) is 2. The van der Waals surface area contributed by atoms with Crippen molar-refractivity contribution in [1.82, 2.24) is 14.9 Å². The predicted molar refractivity (Wildman–Crippen MR) is 145 cm³/mol. The molecule has 1 atom stereocenters. The van der Waals surface area contributed by atoms with E-state index in [0.29, 0.717) is 26.1 Å². The first kappa shape index (κ1) is 28.1. The van der Waals surface area contributed by atoms with Crippen molar-refractivity contribution in [2.45, 2.75) is 50.6 Å². The van der Waals surface area contributed by atoms with Gasteiger partial charge in [0.25, 0.3) is 0 Å². The predicted octanol–water partition coefficient (Wildman–Crippen LogP) is 4.21. The van der Waals surface area contributed by atoms with E-state index in [1.165, 1.54) is 0 Å². The second-order valence-electron chi connectivity index (χ2n) is 8.76. The van der Waals surface area contributed by atoms with Crippen molar-refractivity contribution >= 4 is 21.8 Å². The third kappa shape index (κ3) is 8.00. The van der Waals surface area contributed by atoms with Crippen LogP contribution in [0.3, 0.4) is 0 Å². The summed E-state index contributed by atoms with van der Waals surface area (Å²) in [6.45, 7) is 4.84. The van der Waals surface area contributed by atoms with Gasteiger partial charge in [-0.3, -0.25) is 9.59 Å². The van der Waals surface area contributed by atoms with Crippen LogP contribution < -0.4 is 10.0 Å². The maximum Gasteiger partial charge on any atom is 0.247 e. The number of aryl methyl sites for hydroxylation is 1. The van der Waals surface area contributed by atoms with Crippen molar-refractivity contribution in [3.8, 4) is 0 Å². The molecule has 0 aliphatic rings. The molecule has 0 saturated carbocycles. The van der Waals surface area contributed by atoms with Crippen molar-refractivity contribution < 1.29 is 18.0 Å². The van der Waals surface area contributed by atoms with E-state index in [0.717, 1.165) is 23.1 Å². The van der Waals surface area contributed by atoms with Gasteiger partial charge < -0.3 is 10.2 Å². The molecule has 0 fully saturated rings. The Balaban J connectivity index is 1.85. The van der Waals surface area contributed by atoms with E-state index in [1.54, 1.807) is 36.1 Å². The lowest BCUT2D eigenvalue weighted by molar-refractivity contribution is -0.141. The first-order chi connectivity index (χ1) is 17.9. The third-order valence-corrected chi connectivity index (χ3v) is 7.50. The Labute approximate surface area is 220 Å². The van der Waals surface area contributed by atoms with Gasteiger partial charge in [0.15, 0.2) is 0 Å².